The summed E-state index contributed by atoms with van der Waals surface area (Å²) in [7, 11) is 4.57. The van der Waals surface area contributed by atoms with E-state index in [4.69, 9.17) is 30.5 Å². The van der Waals surface area contributed by atoms with Crippen molar-refractivity contribution in [2.24, 2.45) is 4.99 Å². The molecule has 0 saturated carbocycles. The Morgan fingerprint density at radius 3 is 2.39 bits per heavy atom. The first-order valence-corrected chi connectivity index (χ1v) is 12.3. The Morgan fingerprint density at radius 1 is 1.08 bits per heavy atom. The van der Waals surface area contributed by atoms with Crippen molar-refractivity contribution in [3.05, 3.63) is 83.5 Å². The monoisotopic (exact) mass is 528 g/mol. The van der Waals surface area contributed by atoms with Crippen LogP contribution in [-0.2, 0) is 9.53 Å². The highest BCUT2D eigenvalue weighted by molar-refractivity contribution is 7.07. The summed E-state index contributed by atoms with van der Waals surface area (Å²) in [6.45, 7) is 3.67. The molecule has 1 aromatic heterocycles. The van der Waals surface area contributed by atoms with Crippen LogP contribution in [0.4, 0.5) is 0 Å². The molecule has 2 heterocycles. The maximum absolute atomic E-state index is 13.8. The SMILES string of the molecule is CCOC(=O)C1=C(C)N=c2s/c(=C\c3ccc(OC)c(OC)c3OC)c(=O)n2C1c1ccc(Cl)cc1. The third kappa shape index (κ3) is 4.52. The number of halogens is 1. The number of nitrogens with zero attached hydrogens (tertiary/aromatic N) is 2. The van der Waals surface area contributed by atoms with Crippen molar-refractivity contribution in [1.82, 2.24) is 4.57 Å². The lowest BCUT2D eigenvalue weighted by Gasteiger charge is -2.24. The second-order valence-electron chi connectivity index (χ2n) is 7.78. The van der Waals surface area contributed by atoms with Gasteiger partial charge in [-0.2, -0.15) is 0 Å². The number of aromatic nitrogens is 1. The Bertz CT molecular complexity index is 1520. The van der Waals surface area contributed by atoms with Crippen LogP contribution in [0.3, 0.4) is 0 Å². The molecule has 0 bridgehead atoms. The molecule has 1 unspecified atom stereocenters. The number of benzene rings is 2. The van der Waals surface area contributed by atoms with Crippen molar-refractivity contribution >= 4 is 35.0 Å². The number of thiazole rings is 1. The molecular formula is C26H25ClN2O6S. The van der Waals surface area contributed by atoms with Crippen LogP contribution < -0.4 is 29.1 Å². The summed E-state index contributed by atoms with van der Waals surface area (Å²) < 4.78 is 23.7. The minimum absolute atomic E-state index is 0.201. The molecule has 188 valence electrons. The summed E-state index contributed by atoms with van der Waals surface area (Å²) in [5, 5.41) is 0.546. The molecule has 10 heteroatoms. The lowest BCUT2D eigenvalue weighted by molar-refractivity contribution is -0.139. The van der Waals surface area contributed by atoms with E-state index in [1.165, 1.54) is 37.2 Å². The molecule has 0 aliphatic carbocycles. The normalized spacial score (nSPS) is 15.3. The smallest absolute Gasteiger partial charge is 0.338 e. The van der Waals surface area contributed by atoms with Crippen LogP contribution in [0, 0.1) is 0 Å². The topological polar surface area (TPSA) is 88.4 Å². The number of hydrogen-bond donors (Lipinski definition) is 0. The predicted molar refractivity (Wildman–Crippen MR) is 138 cm³/mol. The number of esters is 1. The highest BCUT2D eigenvalue weighted by Crippen LogP contribution is 2.40. The van der Waals surface area contributed by atoms with E-state index in [1.54, 1.807) is 56.3 Å². The highest BCUT2D eigenvalue weighted by atomic mass is 35.5. The first-order valence-electron chi connectivity index (χ1n) is 11.1. The second kappa shape index (κ2) is 10.6. The summed E-state index contributed by atoms with van der Waals surface area (Å²) in [5.74, 6) is 0.835. The maximum Gasteiger partial charge on any atom is 0.338 e. The predicted octanol–water partition coefficient (Wildman–Crippen LogP) is 3.48. The van der Waals surface area contributed by atoms with Crippen LogP contribution in [0.2, 0.25) is 5.02 Å². The quantitative estimate of drug-likeness (QED) is 0.436. The van der Waals surface area contributed by atoms with Gasteiger partial charge in [-0.05, 0) is 49.8 Å². The molecule has 36 heavy (non-hydrogen) atoms. The van der Waals surface area contributed by atoms with E-state index in [0.29, 0.717) is 54.0 Å². The Kier molecular flexibility index (Phi) is 7.51. The number of methoxy groups -OCH3 is 3. The molecule has 0 radical (unpaired) electrons. The zero-order chi connectivity index (χ0) is 26.0. The zero-order valence-corrected chi connectivity index (χ0v) is 22.0. The van der Waals surface area contributed by atoms with Crippen LogP contribution in [0.15, 0.2) is 57.5 Å². The van der Waals surface area contributed by atoms with Gasteiger partial charge in [0.25, 0.3) is 5.56 Å². The molecule has 2 aromatic carbocycles. The molecular weight excluding hydrogens is 504 g/mol. The van der Waals surface area contributed by atoms with Gasteiger partial charge in [0.2, 0.25) is 5.75 Å². The molecule has 8 nitrogen and oxygen atoms in total. The lowest BCUT2D eigenvalue weighted by atomic mass is 9.96. The van der Waals surface area contributed by atoms with E-state index in [-0.39, 0.29) is 12.2 Å². The van der Waals surface area contributed by atoms with E-state index in [2.05, 4.69) is 4.99 Å². The molecule has 3 aromatic rings. The average Bonchev–Trinajstić information content (AvgIpc) is 3.17. The number of rotatable bonds is 7. The van der Waals surface area contributed by atoms with Crippen LogP contribution in [-0.4, -0.2) is 38.5 Å². The second-order valence-corrected chi connectivity index (χ2v) is 9.22. The van der Waals surface area contributed by atoms with Gasteiger partial charge in [0.15, 0.2) is 16.3 Å². The van der Waals surface area contributed by atoms with Crippen molar-refractivity contribution < 1.29 is 23.7 Å². The Labute approximate surface area is 216 Å². The van der Waals surface area contributed by atoms with Crippen molar-refractivity contribution in [1.29, 1.82) is 0 Å². The number of ether oxygens (including phenoxy) is 4. The van der Waals surface area contributed by atoms with Gasteiger partial charge >= 0.3 is 5.97 Å². The summed E-state index contributed by atoms with van der Waals surface area (Å²) in [5.41, 5.74) is 1.84. The van der Waals surface area contributed by atoms with Gasteiger partial charge in [-0.3, -0.25) is 9.36 Å². The summed E-state index contributed by atoms with van der Waals surface area (Å²) in [6, 6.07) is 9.83. The molecule has 0 amide bonds. The summed E-state index contributed by atoms with van der Waals surface area (Å²) in [4.78, 5) is 31.8. The van der Waals surface area contributed by atoms with Gasteiger partial charge in [-0.1, -0.05) is 35.1 Å². The van der Waals surface area contributed by atoms with E-state index >= 15 is 0 Å². The Balaban J connectivity index is 1.97. The van der Waals surface area contributed by atoms with Crippen molar-refractivity contribution in [2.75, 3.05) is 27.9 Å². The van der Waals surface area contributed by atoms with Gasteiger partial charge < -0.3 is 18.9 Å². The highest BCUT2D eigenvalue weighted by Gasteiger charge is 2.33. The first kappa shape index (κ1) is 25.5. The molecule has 4 rings (SSSR count). The fourth-order valence-electron chi connectivity index (χ4n) is 4.13. The van der Waals surface area contributed by atoms with Gasteiger partial charge in [-0.25, -0.2) is 9.79 Å². The van der Waals surface area contributed by atoms with Gasteiger partial charge in [0.1, 0.15) is 0 Å². The molecule has 0 spiro atoms. The molecule has 0 fully saturated rings. The van der Waals surface area contributed by atoms with Crippen molar-refractivity contribution in [2.45, 2.75) is 19.9 Å². The van der Waals surface area contributed by atoms with E-state index in [1.807, 2.05) is 0 Å². The van der Waals surface area contributed by atoms with E-state index in [9.17, 15) is 9.59 Å². The largest absolute Gasteiger partial charge is 0.493 e. The number of carbonyl (C=O) groups excluding carboxylic acids is 1. The molecule has 1 aliphatic rings. The molecule has 1 atom stereocenters. The van der Waals surface area contributed by atoms with Crippen molar-refractivity contribution in [3.8, 4) is 17.2 Å². The van der Waals surface area contributed by atoms with Gasteiger partial charge in [0.05, 0.1) is 49.8 Å². The maximum atomic E-state index is 13.8. The van der Waals surface area contributed by atoms with Crippen LogP contribution in [0.1, 0.15) is 31.0 Å². The first-order chi connectivity index (χ1) is 17.3. The number of hydrogen-bond acceptors (Lipinski definition) is 8. The van der Waals surface area contributed by atoms with Crippen molar-refractivity contribution in [3.63, 3.8) is 0 Å². The lowest BCUT2D eigenvalue weighted by Crippen LogP contribution is -2.39. The van der Waals surface area contributed by atoms with Gasteiger partial charge in [-0.15, -0.1) is 0 Å². The zero-order valence-electron chi connectivity index (χ0n) is 20.5. The Morgan fingerprint density at radius 2 is 1.78 bits per heavy atom. The fraction of sp³-hybridized carbons (Fsp3) is 0.269. The Hall–Kier alpha value is -3.56. The van der Waals surface area contributed by atoms with Gasteiger partial charge in [0, 0.05) is 10.6 Å². The summed E-state index contributed by atoms with van der Waals surface area (Å²) >= 11 is 7.32. The standard InChI is InChI=1S/C26H25ClN2O6S/c1-6-35-25(31)20-14(2)28-26-29(21(20)15-7-10-17(27)11-8-15)24(30)19(36-26)13-16-9-12-18(32-3)23(34-5)22(16)33-4/h7-13,21H,6H2,1-5H3/b19-13-. The van der Waals surface area contributed by atoms with Crippen LogP contribution in [0.5, 0.6) is 17.2 Å². The molecule has 1 aliphatic heterocycles. The number of fused-ring (bicyclic) bond motifs is 1. The number of allylic oxidation sites excluding steroid dienone is 1. The van der Waals surface area contributed by atoms with E-state index < -0.39 is 12.0 Å². The third-order valence-corrected chi connectivity index (χ3v) is 6.96. The summed E-state index contributed by atoms with van der Waals surface area (Å²) in [6.07, 6.45) is 1.72. The minimum Gasteiger partial charge on any atom is -0.493 e. The van der Waals surface area contributed by atoms with E-state index in [0.717, 1.165) is 0 Å². The average molecular weight is 529 g/mol. The van der Waals surface area contributed by atoms with Crippen LogP contribution in [0.25, 0.3) is 6.08 Å². The molecule has 0 N–H and O–H groups in total. The van der Waals surface area contributed by atoms with Crippen LogP contribution >= 0.6 is 22.9 Å². The molecule has 0 saturated heterocycles. The minimum atomic E-state index is -0.716. The third-order valence-electron chi connectivity index (χ3n) is 5.72. The fourth-order valence-corrected chi connectivity index (χ4v) is 5.29. The number of carbonyl (C=O) groups is 1.